The minimum Gasteiger partial charge on any atom is -0.353 e. The maximum Gasteiger partial charge on any atom is 0.227 e. The number of benzene rings is 1. The van der Waals surface area contributed by atoms with Crippen molar-refractivity contribution in [2.75, 3.05) is 47.4 Å². The molecule has 2 aliphatic rings. The van der Waals surface area contributed by atoms with Crippen LogP contribution in [-0.2, 0) is 6.42 Å². The highest BCUT2D eigenvalue weighted by Crippen LogP contribution is 2.34. The minimum absolute atomic E-state index is 0.833. The highest BCUT2D eigenvalue weighted by molar-refractivity contribution is 5.68. The molecule has 0 saturated carbocycles. The predicted octanol–water partition coefficient (Wildman–Crippen LogP) is 3.20. The van der Waals surface area contributed by atoms with Gasteiger partial charge in [-0.3, -0.25) is 0 Å². The summed E-state index contributed by atoms with van der Waals surface area (Å²) in [7, 11) is 0. The number of anilines is 4. The fourth-order valence-electron chi connectivity index (χ4n) is 4.07. The van der Waals surface area contributed by atoms with Crippen LogP contribution in [0.3, 0.4) is 0 Å². The van der Waals surface area contributed by atoms with E-state index >= 15 is 0 Å². The van der Waals surface area contributed by atoms with Gasteiger partial charge >= 0.3 is 0 Å². The zero-order valence-corrected chi connectivity index (χ0v) is 16.1. The summed E-state index contributed by atoms with van der Waals surface area (Å²) in [6, 6.07) is 16.8. The number of pyridine rings is 1. The number of aromatic nitrogens is 3. The average molecular weight is 372 g/mol. The van der Waals surface area contributed by atoms with Gasteiger partial charge in [0.2, 0.25) is 5.95 Å². The monoisotopic (exact) mass is 372 g/mol. The van der Waals surface area contributed by atoms with E-state index in [1.165, 1.54) is 11.3 Å². The molecule has 0 bridgehead atoms. The Morgan fingerprint density at radius 2 is 1.57 bits per heavy atom. The van der Waals surface area contributed by atoms with Gasteiger partial charge < -0.3 is 14.7 Å². The van der Waals surface area contributed by atoms with Crippen LogP contribution in [0, 0.1) is 6.92 Å². The third-order valence-electron chi connectivity index (χ3n) is 5.53. The maximum atomic E-state index is 4.94. The number of nitrogens with zero attached hydrogens (tertiary/aromatic N) is 6. The molecule has 0 aliphatic carbocycles. The summed E-state index contributed by atoms with van der Waals surface area (Å²) in [5.74, 6) is 2.88. The van der Waals surface area contributed by atoms with Crippen LogP contribution in [0.4, 0.5) is 23.3 Å². The van der Waals surface area contributed by atoms with Crippen LogP contribution < -0.4 is 14.7 Å². The normalized spacial score (nSPS) is 16.4. The van der Waals surface area contributed by atoms with E-state index in [0.717, 1.165) is 62.4 Å². The van der Waals surface area contributed by atoms with Gasteiger partial charge in [0.1, 0.15) is 11.6 Å². The molecule has 0 amide bonds. The standard InChI is InChI=1S/C22H24N6/c1-17-16-21(28-11-9-18-6-2-3-7-19(18)28)25-22(24-17)27-14-12-26(13-15-27)20-8-4-5-10-23-20/h2-8,10,16H,9,11-15H2,1H3. The Balaban J connectivity index is 1.36. The number of hydrogen-bond acceptors (Lipinski definition) is 6. The second-order valence-electron chi connectivity index (χ2n) is 7.36. The van der Waals surface area contributed by atoms with E-state index in [4.69, 9.17) is 9.97 Å². The molecule has 2 aliphatic heterocycles. The van der Waals surface area contributed by atoms with Crippen molar-refractivity contribution < 1.29 is 0 Å². The summed E-state index contributed by atoms with van der Waals surface area (Å²) in [5, 5.41) is 0. The third kappa shape index (κ3) is 3.15. The van der Waals surface area contributed by atoms with Gasteiger partial charge in [-0.25, -0.2) is 9.97 Å². The summed E-state index contributed by atoms with van der Waals surface area (Å²) < 4.78 is 0. The van der Waals surface area contributed by atoms with Gasteiger partial charge in [-0.1, -0.05) is 24.3 Å². The van der Waals surface area contributed by atoms with E-state index in [2.05, 4.69) is 63.0 Å². The second kappa shape index (κ2) is 7.11. The number of para-hydroxylation sites is 1. The molecule has 0 spiro atoms. The lowest BCUT2D eigenvalue weighted by Crippen LogP contribution is -2.47. The number of rotatable bonds is 3. The van der Waals surface area contributed by atoms with Gasteiger partial charge in [0, 0.05) is 56.4 Å². The fourth-order valence-corrected chi connectivity index (χ4v) is 4.07. The molecule has 6 heteroatoms. The predicted molar refractivity (Wildman–Crippen MR) is 113 cm³/mol. The van der Waals surface area contributed by atoms with Gasteiger partial charge in [0.15, 0.2) is 0 Å². The lowest BCUT2D eigenvalue weighted by molar-refractivity contribution is 0.633. The van der Waals surface area contributed by atoms with Crippen LogP contribution in [0.1, 0.15) is 11.3 Å². The summed E-state index contributed by atoms with van der Waals surface area (Å²) in [5.41, 5.74) is 3.67. The molecule has 1 aromatic carbocycles. The summed E-state index contributed by atoms with van der Waals surface area (Å²) in [4.78, 5) is 21.1. The highest BCUT2D eigenvalue weighted by Gasteiger charge is 2.24. The first-order valence-electron chi connectivity index (χ1n) is 9.90. The third-order valence-corrected chi connectivity index (χ3v) is 5.53. The quantitative estimate of drug-likeness (QED) is 0.704. The van der Waals surface area contributed by atoms with Crippen LogP contribution in [0.15, 0.2) is 54.7 Å². The topological polar surface area (TPSA) is 48.4 Å². The molecular formula is C22H24N6. The van der Waals surface area contributed by atoms with E-state index in [1.807, 2.05) is 18.3 Å². The molecule has 0 N–H and O–H groups in total. The van der Waals surface area contributed by atoms with Crippen LogP contribution in [0.5, 0.6) is 0 Å². The summed E-state index contributed by atoms with van der Waals surface area (Å²) in [6.07, 6.45) is 2.92. The smallest absolute Gasteiger partial charge is 0.227 e. The number of hydrogen-bond donors (Lipinski definition) is 0. The largest absolute Gasteiger partial charge is 0.353 e. The first-order valence-corrected chi connectivity index (χ1v) is 9.90. The summed E-state index contributed by atoms with van der Waals surface area (Å²) in [6.45, 7) is 6.68. The number of piperazine rings is 1. The van der Waals surface area contributed by atoms with Crippen molar-refractivity contribution in [2.24, 2.45) is 0 Å². The van der Waals surface area contributed by atoms with Crippen LogP contribution >= 0.6 is 0 Å². The first kappa shape index (κ1) is 17.0. The Hall–Kier alpha value is -3.15. The molecule has 0 atom stereocenters. The molecule has 4 heterocycles. The van der Waals surface area contributed by atoms with E-state index in [0.29, 0.717) is 0 Å². The second-order valence-corrected chi connectivity index (χ2v) is 7.36. The van der Waals surface area contributed by atoms with Crippen LogP contribution in [0.25, 0.3) is 0 Å². The molecule has 0 unspecified atom stereocenters. The zero-order chi connectivity index (χ0) is 18.9. The Morgan fingerprint density at radius 3 is 2.39 bits per heavy atom. The Bertz CT molecular complexity index is 966. The average Bonchev–Trinajstić information content (AvgIpc) is 3.18. The summed E-state index contributed by atoms with van der Waals surface area (Å²) >= 11 is 0. The van der Waals surface area contributed by atoms with Crippen molar-refractivity contribution in [3.63, 3.8) is 0 Å². The molecule has 2 aromatic heterocycles. The molecular weight excluding hydrogens is 348 g/mol. The van der Waals surface area contributed by atoms with Crippen LogP contribution in [-0.4, -0.2) is 47.7 Å². The van der Waals surface area contributed by atoms with Gasteiger partial charge in [0.25, 0.3) is 0 Å². The van der Waals surface area contributed by atoms with E-state index in [-0.39, 0.29) is 0 Å². The molecule has 6 nitrogen and oxygen atoms in total. The van der Waals surface area contributed by atoms with Crippen molar-refractivity contribution in [3.05, 3.63) is 66.0 Å². The zero-order valence-electron chi connectivity index (χ0n) is 16.1. The molecule has 0 radical (unpaired) electrons. The van der Waals surface area contributed by atoms with Crippen molar-refractivity contribution >= 4 is 23.3 Å². The lowest BCUT2D eigenvalue weighted by atomic mass is 10.2. The Labute approximate surface area is 165 Å². The molecule has 1 fully saturated rings. The van der Waals surface area contributed by atoms with Crippen molar-refractivity contribution in [3.8, 4) is 0 Å². The Morgan fingerprint density at radius 1 is 0.786 bits per heavy atom. The maximum absolute atomic E-state index is 4.94. The molecule has 142 valence electrons. The SMILES string of the molecule is Cc1cc(N2CCc3ccccc32)nc(N2CCN(c3ccccn3)CC2)n1. The first-order chi connectivity index (χ1) is 13.8. The van der Waals surface area contributed by atoms with Crippen molar-refractivity contribution in [2.45, 2.75) is 13.3 Å². The van der Waals surface area contributed by atoms with Gasteiger partial charge in [-0.15, -0.1) is 0 Å². The van der Waals surface area contributed by atoms with E-state index < -0.39 is 0 Å². The number of fused-ring (bicyclic) bond motifs is 1. The van der Waals surface area contributed by atoms with E-state index in [9.17, 15) is 0 Å². The fraction of sp³-hybridized carbons (Fsp3) is 0.318. The van der Waals surface area contributed by atoms with Crippen molar-refractivity contribution in [1.82, 2.24) is 15.0 Å². The van der Waals surface area contributed by atoms with Crippen LogP contribution in [0.2, 0.25) is 0 Å². The van der Waals surface area contributed by atoms with Crippen molar-refractivity contribution in [1.29, 1.82) is 0 Å². The van der Waals surface area contributed by atoms with Gasteiger partial charge in [-0.2, -0.15) is 4.98 Å². The molecule has 28 heavy (non-hydrogen) atoms. The van der Waals surface area contributed by atoms with E-state index in [1.54, 1.807) is 0 Å². The van der Waals surface area contributed by atoms with Gasteiger partial charge in [0.05, 0.1) is 0 Å². The van der Waals surface area contributed by atoms with Gasteiger partial charge in [-0.05, 0) is 37.1 Å². The molecule has 1 saturated heterocycles. The molecule has 5 rings (SSSR count). The Kier molecular flexibility index (Phi) is 4.31. The lowest BCUT2D eigenvalue weighted by Gasteiger charge is -2.35. The molecule has 3 aromatic rings. The highest BCUT2D eigenvalue weighted by atomic mass is 15.3. The number of aryl methyl sites for hydroxylation is 1. The minimum atomic E-state index is 0.833.